The first kappa shape index (κ1) is 11.4. The Labute approximate surface area is 98.1 Å². The molecule has 2 amide bonds. The third-order valence-electron chi connectivity index (χ3n) is 2.52. The highest BCUT2D eigenvalue weighted by Crippen LogP contribution is 2.32. The lowest BCUT2D eigenvalue weighted by Crippen LogP contribution is -2.43. The van der Waals surface area contributed by atoms with Crippen molar-refractivity contribution >= 4 is 17.5 Å². The number of hydrogen-bond acceptors (Lipinski definition) is 4. The number of primary amides is 1. The number of fused-ring (bicyclic) bond motifs is 1. The molecule has 0 aliphatic carbocycles. The van der Waals surface area contributed by atoms with Crippen LogP contribution in [0.2, 0.25) is 0 Å². The van der Waals surface area contributed by atoms with E-state index in [0.717, 1.165) is 5.56 Å². The van der Waals surface area contributed by atoms with Gasteiger partial charge in [0.2, 0.25) is 5.91 Å². The van der Waals surface area contributed by atoms with Crippen molar-refractivity contribution in [1.29, 1.82) is 0 Å². The van der Waals surface area contributed by atoms with Crippen molar-refractivity contribution in [1.82, 2.24) is 0 Å². The van der Waals surface area contributed by atoms with Crippen LogP contribution in [0.25, 0.3) is 0 Å². The van der Waals surface area contributed by atoms with Gasteiger partial charge in [-0.25, -0.2) is 0 Å². The van der Waals surface area contributed by atoms with Gasteiger partial charge in [-0.3, -0.25) is 14.5 Å². The summed E-state index contributed by atoms with van der Waals surface area (Å²) in [5.74, 6) is -0.292. The van der Waals surface area contributed by atoms with Gasteiger partial charge >= 0.3 is 0 Å². The van der Waals surface area contributed by atoms with Crippen molar-refractivity contribution < 1.29 is 14.3 Å². The topological polar surface area (TPSA) is 98.7 Å². The molecule has 0 saturated heterocycles. The van der Waals surface area contributed by atoms with Crippen molar-refractivity contribution in [3.63, 3.8) is 0 Å². The van der Waals surface area contributed by atoms with Crippen molar-refractivity contribution in [2.24, 2.45) is 11.5 Å². The van der Waals surface area contributed by atoms with Crippen LogP contribution in [0.3, 0.4) is 0 Å². The van der Waals surface area contributed by atoms with Crippen molar-refractivity contribution in [2.45, 2.75) is 6.54 Å². The van der Waals surface area contributed by atoms with Crippen LogP contribution in [-0.4, -0.2) is 25.0 Å². The standard InChI is InChI=1S/C11H13N3O3/c12-4-7-1-2-8-9(3-7)17-6-11(16)14(8)5-10(13)15/h1-3H,4-6,12H2,(H2,13,15). The van der Waals surface area contributed by atoms with Gasteiger partial charge in [0.25, 0.3) is 5.91 Å². The number of anilines is 1. The quantitative estimate of drug-likeness (QED) is 0.727. The van der Waals surface area contributed by atoms with Gasteiger partial charge in [0, 0.05) is 6.54 Å². The molecule has 2 rings (SSSR count). The average Bonchev–Trinajstić information content (AvgIpc) is 2.32. The van der Waals surface area contributed by atoms with Crippen molar-refractivity contribution in [3.05, 3.63) is 23.8 Å². The van der Waals surface area contributed by atoms with Crippen LogP contribution in [0.4, 0.5) is 5.69 Å². The predicted octanol–water partition coefficient (Wildman–Crippen LogP) is -0.644. The van der Waals surface area contributed by atoms with Crippen LogP contribution in [-0.2, 0) is 16.1 Å². The van der Waals surface area contributed by atoms with E-state index >= 15 is 0 Å². The summed E-state index contributed by atoms with van der Waals surface area (Å²) in [6.45, 7) is 0.159. The van der Waals surface area contributed by atoms with Crippen LogP contribution in [0, 0.1) is 0 Å². The van der Waals surface area contributed by atoms with Gasteiger partial charge in [-0.2, -0.15) is 0 Å². The van der Waals surface area contributed by atoms with Gasteiger partial charge < -0.3 is 16.2 Å². The number of nitrogens with two attached hydrogens (primary N) is 2. The number of rotatable bonds is 3. The first-order valence-electron chi connectivity index (χ1n) is 5.16. The molecule has 6 heteroatoms. The molecule has 1 aromatic carbocycles. The SMILES string of the molecule is NCc1ccc2c(c1)OCC(=O)N2CC(N)=O. The Kier molecular flexibility index (Phi) is 2.97. The van der Waals surface area contributed by atoms with Gasteiger partial charge in [0.05, 0.1) is 5.69 Å². The first-order chi connectivity index (χ1) is 8.11. The van der Waals surface area contributed by atoms with E-state index in [-0.39, 0.29) is 19.1 Å². The highest BCUT2D eigenvalue weighted by Gasteiger charge is 2.26. The number of amides is 2. The molecule has 0 bridgehead atoms. The van der Waals surface area contributed by atoms with Crippen LogP contribution >= 0.6 is 0 Å². The third kappa shape index (κ3) is 2.21. The molecule has 1 heterocycles. The summed E-state index contributed by atoms with van der Waals surface area (Å²) in [6.07, 6.45) is 0. The number of benzene rings is 1. The molecule has 0 unspecified atom stereocenters. The summed E-state index contributed by atoms with van der Waals surface area (Å²) in [7, 11) is 0. The molecule has 0 atom stereocenters. The lowest BCUT2D eigenvalue weighted by atomic mass is 10.1. The van der Waals surface area contributed by atoms with E-state index in [4.69, 9.17) is 16.2 Å². The van der Waals surface area contributed by atoms with Gasteiger partial charge in [-0.15, -0.1) is 0 Å². The minimum Gasteiger partial charge on any atom is -0.482 e. The molecule has 1 aliphatic heterocycles. The summed E-state index contributed by atoms with van der Waals surface area (Å²) in [6, 6.07) is 5.25. The Balaban J connectivity index is 2.37. The lowest BCUT2D eigenvalue weighted by molar-refractivity contribution is -0.124. The molecular formula is C11H13N3O3. The normalized spacial score (nSPS) is 14.2. The number of carbonyl (C=O) groups is 2. The molecule has 90 valence electrons. The minimum atomic E-state index is -0.561. The second-order valence-corrected chi connectivity index (χ2v) is 3.74. The Hall–Kier alpha value is -2.08. The largest absolute Gasteiger partial charge is 0.482 e. The maximum absolute atomic E-state index is 11.6. The molecule has 6 nitrogen and oxygen atoms in total. The van der Waals surface area contributed by atoms with Crippen LogP contribution < -0.4 is 21.1 Å². The molecule has 0 saturated carbocycles. The van der Waals surface area contributed by atoms with E-state index in [1.54, 1.807) is 18.2 Å². The molecule has 1 aromatic rings. The minimum absolute atomic E-state index is 0.0890. The van der Waals surface area contributed by atoms with Gasteiger partial charge in [0.1, 0.15) is 12.3 Å². The molecule has 0 aromatic heterocycles. The molecule has 0 spiro atoms. The predicted molar refractivity (Wildman–Crippen MR) is 61.4 cm³/mol. The maximum Gasteiger partial charge on any atom is 0.265 e. The number of carbonyl (C=O) groups excluding carboxylic acids is 2. The summed E-state index contributed by atoms with van der Waals surface area (Å²) < 4.78 is 5.29. The first-order valence-corrected chi connectivity index (χ1v) is 5.16. The van der Waals surface area contributed by atoms with Crippen molar-refractivity contribution in [2.75, 3.05) is 18.1 Å². The smallest absolute Gasteiger partial charge is 0.265 e. The molecule has 1 aliphatic rings. The number of hydrogen-bond donors (Lipinski definition) is 2. The zero-order valence-corrected chi connectivity index (χ0v) is 9.18. The second-order valence-electron chi connectivity index (χ2n) is 3.74. The highest BCUT2D eigenvalue weighted by molar-refractivity contribution is 6.01. The van der Waals surface area contributed by atoms with E-state index in [1.165, 1.54) is 4.90 Å². The van der Waals surface area contributed by atoms with E-state index in [2.05, 4.69) is 0 Å². The second kappa shape index (κ2) is 4.42. The fraction of sp³-hybridized carbons (Fsp3) is 0.273. The zero-order valence-electron chi connectivity index (χ0n) is 9.18. The Bertz CT molecular complexity index is 473. The van der Waals surface area contributed by atoms with Crippen LogP contribution in [0.1, 0.15) is 5.56 Å². The van der Waals surface area contributed by atoms with Gasteiger partial charge in [-0.05, 0) is 17.7 Å². The lowest BCUT2D eigenvalue weighted by Gasteiger charge is -2.28. The Morgan fingerprint density at radius 2 is 2.24 bits per heavy atom. The number of ether oxygens (including phenoxy) is 1. The van der Waals surface area contributed by atoms with E-state index in [9.17, 15) is 9.59 Å². The van der Waals surface area contributed by atoms with E-state index < -0.39 is 5.91 Å². The van der Waals surface area contributed by atoms with Crippen LogP contribution in [0.5, 0.6) is 5.75 Å². The fourth-order valence-corrected chi connectivity index (χ4v) is 1.71. The molecular weight excluding hydrogens is 222 g/mol. The van der Waals surface area contributed by atoms with E-state index in [0.29, 0.717) is 18.0 Å². The monoisotopic (exact) mass is 235 g/mol. The summed E-state index contributed by atoms with van der Waals surface area (Å²) in [5.41, 5.74) is 12.1. The van der Waals surface area contributed by atoms with Crippen LogP contribution in [0.15, 0.2) is 18.2 Å². The summed E-state index contributed by atoms with van der Waals surface area (Å²) >= 11 is 0. The van der Waals surface area contributed by atoms with E-state index in [1.807, 2.05) is 0 Å². The third-order valence-corrected chi connectivity index (χ3v) is 2.52. The zero-order chi connectivity index (χ0) is 12.4. The summed E-state index contributed by atoms with van der Waals surface area (Å²) in [5, 5.41) is 0. The molecule has 0 fully saturated rings. The average molecular weight is 235 g/mol. The molecule has 4 N–H and O–H groups in total. The highest BCUT2D eigenvalue weighted by atomic mass is 16.5. The van der Waals surface area contributed by atoms with Gasteiger partial charge in [-0.1, -0.05) is 6.07 Å². The Morgan fingerprint density at radius 1 is 1.47 bits per heavy atom. The van der Waals surface area contributed by atoms with Crippen molar-refractivity contribution in [3.8, 4) is 5.75 Å². The summed E-state index contributed by atoms with van der Waals surface area (Å²) in [4.78, 5) is 23.8. The van der Waals surface area contributed by atoms with Gasteiger partial charge in [0.15, 0.2) is 6.61 Å². The molecule has 0 radical (unpaired) electrons. The Morgan fingerprint density at radius 3 is 2.88 bits per heavy atom. The molecule has 17 heavy (non-hydrogen) atoms. The maximum atomic E-state index is 11.6. The number of nitrogens with zero attached hydrogens (tertiary/aromatic N) is 1. The fourth-order valence-electron chi connectivity index (χ4n) is 1.71.